The molecule has 5 aromatic rings. The number of nitrogens with zero attached hydrogens (tertiary/aromatic N) is 8. The van der Waals surface area contributed by atoms with Crippen molar-refractivity contribution in [2.75, 3.05) is 30.3 Å². The van der Waals surface area contributed by atoms with Gasteiger partial charge in [0.2, 0.25) is 11.8 Å². The quantitative estimate of drug-likeness (QED) is 0.158. The van der Waals surface area contributed by atoms with Crippen molar-refractivity contribution in [1.82, 2.24) is 45.0 Å². The minimum Gasteiger partial charge on any atom is -0.387 e. The van der Waals surface area contributed by atoms with E-state index < -0.39 is 24.5 Å². The van der Waals surface area contributed by atoms with Crippen LogP contribution in [0.4, 0.5) is 11.8 Å². The zero-order chi connectivity index (χ0) is 30.0. The highest BCUT2D eigenvalue weighted by Crippen LogP contribution is 2.39. The number of nitrogens with one attached hydrogen (secondary N) is 3. The Balaban J connectivity index is 1.23. The Morgan fingerprint density at radius 3 is 2.43 bits per heavy atom. The molecule has 0 amide bonds. The number of hydrogen-bond acceptors (Lipinski definition) is 12. The van der Waals surface area contributed by atoms with Gasteiger partial charge >= 0.3 is 0 Å². The highest BCUT2D eigenvalue weighted by Gasteiger charge is 2.47. The van der Waals surface area contributed by atoms with Crippen molar-refractivity contribution in [2.45, 2.75) is 56.4 Å². The molecule has 5 heterocycles. The lowest BCUT2D eigenvalue weighted by molar-refractivity contribution is -0.0384. The Kier molecular flexibility index (Phi) is 7.87. The third-order valence-corrected chi connectivity index (χ3v) is 8.21. The number of ether oxygens (including phenoxy) is 1. The first-order chi connectivity index (χ1) is 21.6. The molecule has 2 fully saturated rings. The van der Waals surface area contributed by atoms with Crippen LogP contribution in [0.25, 0.3) is 11.2 Å². The Labute approximate surface area is 253 Å². The van der Waals surface area contributed by atoms with Gasteiger partial charge in [-0.15, -0.1) is 10.2 Å². The summed E-state index contributed by atoms with van der Waals surface area (Å²) in [5, 5.41) is 44.6. The average Bonchev–Trinajstić information content (AvgIpc) is 3.87. The van der Waals surface area contributed by atoms with E-state index in [9.17, 15) is 10.2 Å². The van der Waals surface area contributed by atoms with Crippen LogP contribution in [-0.4, -0.2) is 87.8 Å². The third-order valence-electron chi connectivity index (χ3n) is 8.21. The molecule has 0 radical (unpaired) electrons. The summed E-state index contributed by atoms with van der Waals surface area (Å²) >= 11 is 0. The lowest BCUT2D eigenvalue weighted by Gasteiger charge is -2.20. The number of tetrazole rings is 1. The lowest BCUT2D eigenvalue weighted by atomic mass is 9.91. The normalized spacial score (nSPS) is 23.5. The zero-order valence-electron chi connectivity index (χ0n) is 24.2. The second-order valence-corrected chi connectivity index (χ2v) is 11.1. The summed E-state index contributed by atoms with van der Waals surface area (Å²) in [5.74, 6) is 1.24. The number of fused-ring (bicyclic) bond motifs is 1. The lowest BCUT2D eigenvalue weighted by Crippen LogP contribution is -2.29. The van der Waals surface area contributed by atoms with Crippen molar-refractivity contribution in [3.05, 3.63) is 83.9 Å². The van der Waals surface area contributed by atoms with Gasteiger partial charge in [0.25, 0.3) is 0 Å². The topological polar surface area (TPSA) is 173 Å². The molecule has 1 unspecified atom stereocenters. The summed E-state index contributed by atoms with van der Waals surface area (Å²) in [7, 11) is 0. The van der Waals surface area contributed by atoms with Gasteiger partial charge in [-0.05, 0) is 36.2 Å². The first-order valence-electron chi connectivity index (χ1n) is 14.9. The Hall–Kier alpha value is -4.50. The summed E-state index contributed by atoms with van der Waals surface area (Å²) in [6.45, 7) is 4.67. The van der Waals surface area contributed by atoms with Crippen molar-refractivity contribution >= 4 is 22.9 Å². The Morgan fingerprint density at radius 2 is 1.77 bits per heavy atom. The number of imidazole rings is 1. The van der Waals surface area contributed by atoms with Crippen LogP contribution in [0.3, 0.4) is 0 Å². The molecule has 44 heavy (non-hydrogen) atoms. The first kappa shape index (κ1) is 28.3. The summed E-state index contributed by atoms with van der Waals surface area (Å²) in [6, 6.07) is 20.9. The predicted molar refractivity (Wildman–Crippen MR) is 162 cm³/mol. The van der Waals surface area contributed by atoms with Crippen LogP contribution in [0.15, 0.2) is 67.0 Å². The summed E-state index contributed by atoms with van der Waals surface area (Å²) in [5.41, 5.74) is 3.32. The molecule has 5 atom stereocenters. The van der Waals surface area contributed by atoms with E-state index in [1.54, 1.807) is 10.9 Å². The van der Waals surface area contributed by atoms with E-state index in [2.05, 4.69) is 60.6 Å². The van der Waals surface area contributed by atoms with E-state index in [0.29, 0.717) is 36.0 Å². The first-order valence-corrected chi connectivity index (χ1v) is 14.9. The molecule has 0 bridgehead atoms. The number of aryl methyl sites for hydroxylation is 1. The number of rotatable bonds is 10. The molecule has 5 N–H and O–H groups in total. The zero-order valence-corrected chi connectivity index (χ0v) is 24.2. The van der Waals surface area contributed by atoms with Crippen LogP contribution >= 0.6 is 0 Å². The minimum atomic E-state index is -1.28. The van der Waals surface area contributed by atoms with E-state index in [4.69, 9.17) is 14.7 Å². The van der Waals surface area contributed by atoms with Crippen LogP contribution in [0.1, 0.15) is 48.5 Å². The van der Waals surface area contributed by atoms with Crippen molar-refractivity contribution in [3.8, 4) is 0 Å². The van der Waals surface area contributed by atoms with Gasteiger partial charge in [-0.1, -0.05) is 60.7 Å². The molecule has 2 aliphatic rings. The molecular weight excluding hydrogens is 562 g/mol. The van der Waals surface area contributed by atoms with Gasteiger partial charge in [-0.2, -0.15) is 14.8 Å². The van der Waals surface area contributed by atoms with Crippen LogP contribution in [0.2, 0.25) is 0 Å². The Morgan fingerprint density at radius 1 is 1.02 bits per heavy atom. The molecule has 228 valence electrons. The van der Waals surface area contributed by atoms with Crippen molar-refractivity contribution < 1.29 is 14.9 Å². The summed E-state index contributed by atoms with van der Waals surface area (Å²) in [4.78, 5) is 15.7. The number of hydrogen-bond donors (Lipinski definition) is 5. The maximum absolute atomic E-state index is 11.1. The maximum atomic E-state index is 11.1. The molecule has 0 saturated carbocycles. The smallest absolute Gasteiger partial charge is 0.227 e. The minimum absolute atomic E-state index is 0.0554. The van der Waals surface area contributed by atoms with Gasteiger partial charge in [0.05, 0.1) is 12.9 Å². The fourth-order valence-electron chi connectivity index (χ4n) is 5.85. The van der Waals surface area contributed by atoms with Crippen molar-refractivity contribution in [3.63, 3.8) is 0 Å². The number of aliphatic hydroxyl groups excluding tert-OH is 2. The monoisotopic (exact) mass is 597 g/mol. The molecule has 2 saturated heterocycles. The van der Waals surface area contributed by atoms with E-state index in [1.807, 2.05) is 43.3 Å². The molecule has 14 heteroatoms. The largest absolute Gasteiger partial charge is 0.387 e. The van der Waals surface area contributed by atoms with Gasteiger partial charge in [-0.25, -0.2) is 4.98 Å². The molecule has 2 aromatic carbocycles. The fourth-order valence-corrected chi connectivity index (χ4v) is 5.85. The van der Waals surface area contributed by atoms with Crippen LogP contribution in [-0.2, 0) is 11.3 Å². The van der Waals surface area contributed by atoms with Gasteiger partial charge in [0.15, 0.2) is 29.3 Å². The molecule has 0 aliphatic carbocycles. The average molecular weight is 598 g/mol. The second kappa shape index (κ2) is 12.2. The van der Waals surface area contributed by atoms with Crippen molar-refractivity contribution in [2.24, 2.45) is 0 Å². The fraction of sp³-hybridized carbons (Fsp3) is 0.400. The van der Waals surface area contributed by atoms with Crippen LogP contribution in [0.5, 0.6) is 0 Å². The number of aromatic nitrogens is 8. The standard InChI is InChI=1S/C30H35N11O3/c1-2-41-38-27(37-39-41)25-23(42)24(43)29(44-25)40-17-33-22-26(35-30(36-28(22)40)34-20-13-14-31-15-20)32-16-21(18-9-5-3-6-10-18)19-11-7-4-8-12-19/h3-12,17,20-21,23-25,29,31,42-43H,2,13-16H2,1H3,(H2,32,34,35,36)/t20?,23-,24+,25-,29+/m0/s1. The molecule has 14 nitrogen and oxygen atoms in total. The second-order valence-electron chi connectivity index (χ2n) is 11.1. The Bertz CT molecular complexity index is 1650. The van der Waals surface area contributed by atoms with E-state index in [-0.39, 0.29) is 17.8 Å². The van der Waals surface area contributed by atoms with Crippen molar-refractivity contribution in [1.29, 1.82) is 0 Å². The maximum Gasteiger partial charge on any atom is 0.227 e. The molecule has 2 aliphatic heterocycles. The SMILES string of the molecule is CCn1nnc([C@H]2O[C@@H](n3cnc4c(NCC(c5ccccc5)c5ccccc5)nc(NC5CCNC5)nc43)[C@H](O)[C@@H]2O)n1. The van der Waals surface area contributed by atoms with Crippen LogP contribution < -0.4 is 16.0 Å². The molecular formula is C30H35N11O3. The predicted octanol–water partition coefficient (Wildman–Crippen LogP) is 1.84. The molecule has 7 rings (SSSR count). The molecule has 3 aromatic heterocycles. The van der Waals surface area contributed by atoms with Gasteiger partial charge in [0.1, 0.15) is 12.2 Å². The van der Waals surface area contributed by atoms with Gasteiger partial charge in [-0.3, -0.25) is 4.57 Å². The van der Waals surface area contributed by atoms with E-state index >= 15 is 0 Å². The van der Waals surface area contributed by atoms with E-state index in [0.717, 1.165) is 19.5 Å². The van der Waals surface area contributed by atoms with Crippen LogP contribution in [0, 0.1) is 0 Å². The summed E-state index contributed by atoms with van der Waals surface area (Å²) in [6.07, 6.45) is -2.02. The summed E-state index contributed by atoms with van der Waals surface area (Å²) < 4.78 is 7.77. The number of benzene rings is 2. The number of anilines is 2. The molecule has 0 spiro atoms. The number of aliphatic hydroxyl groups is 2. The third kappa shape index (κ3) is 5.48. The highest BCUT2D eigenvalue weighted by atomic mass is 16.6. The van der Waals surface area contributed by atoms with Gasteiger partial charge < -0.3 is 30.9 Å². The highest BCUT2D eigenvalue weighted by molar-refractivity contribution is 5.84. The van der Waals surface area contributed by atoms with Gasteiger partial charge in [0, 0.05) is 25.0 Å². The van der Waals surface area contributed by atoms with E-state index in [1.165, 1.54) is 15.9 Å².